The van der Waals surface area contributed by atoms with E-state index in [1.807, 2.05) is 11.9 Å². The maximum atomic E-state index is 11.1. The predicted octanol–water partition coefficient (Wildman–Crippen LogP) is 0.165. The lowest BCUT2D eigenvalue weighted by Crippen LogP contribution is -2.37. The Morgan fingerprint density at radius 3 is 2.84 bits per heavy atom. The first kappa shape index (κ1) is 14.2. The van der Waals surface area contributed by atoms with E-state index < -0.39 is 10.0 Å². The summed E-state index contributed by atoms with van der Waals surface area (Å²) in [7, 11) is -1.70. The lowest BCUT2D eigenvalue weighted by Gasteiger charge is -2.28. The van der Waals surface area contributed by atoms with Crippen molar-refractivity contribution in [2.75, 3.05) is 31.6 Å². The number of aromatic nitrogens is 1. The number of anilines is 1. The third-order valence-electron chi connectivity index (χ3n) is 3.37. The second-order valence-corrected chi connectivity index (χ2v) is 6.55. The minimum atomic E-state index is -3.66. The van der Waals surface area contributed by atoms with Crippen LogP contribution in [0.15, 0.2) is 23.2 Å². The van der Waals surface area contributed by atoms with Gasteiger partial charge < -0.3 is 10.2 Å². The molecule has 0 saturated carbocycles. The van der Waals surface area contributed by atoms with Crippen LogP contribution in [0.25, 0.3) is 0 Å². The number of hydrogen-bond acceptors (Lipinski definition) is 5. The van der Waals surface area contributed by atoms with Gasteiger partial charge in [0.05, 0.1) is 0 Å². The summed E-state index contributed by atoms with van der Waals surface area (Å²) in [6, 6.07) is 3.18. The molecule has 7 heteroatoms. The monoisotopic (exact) mass is 284 g/mol. The van der Waals surface area contributed by atoms with Crippen molar-refractivity contribution in [2.24, 2.45) is 11.1 Å². The van der Waals surface area contributed by atoms with E-state index in [2.05, 4.69) is 10.3 Å². The van der Waals surface area contributed by atoms with Crippen molar-refractivity contribution in [3.63, 3.8) is 0 Å². The first-order chi connectivity index (χ1) is 8.97. The molecule has 1 fully saturated rings. The zero-order valence-corrected chi connectivity index (χ0v) is 11.9. The topological polar surface area (TPSA) is 88.3 Å². The van der Waals surface area contributed by atoms with Gasteiger partial charge in [0.2, 0.25) is 10.0 Å². The SMILES string of the molecule is CN(CC1CCCNC1)c1ccc(S(N)(=O)=O)cn1. The van der Waals surface area contributed by atoms with Gasteiger partial charge in [0, 0.05) is 19.8 Å². The largest absolute Gasteiger partial charge is 0.359 e. The third-order valence-corrected chi connectivity index (χ3v) is 4.27. The maximum absolute atomic E-state index is 11.1. The summed E-state index contributed by atoms with van der Waals surface area (Å²) < 4.78 is 22.3. The minimum absolute atomic E-state index is 0.0454. The van der Waals surface area contributed by atoms with Crippen molar-refractivity contribution in [1.29, 1.82) is 0 Å². The van der Waals surface area contributed by atoms with Gasteiger partial charge in [0.15, 0.2) is 0 Å². The Morgan fingerprint density at radius 2 is 2.32 bits per heavy atom. The number of primary sulfonamides is 1. The number of nitrogens with one attached hydrogen (secondary N) is 1. The molecule has 1 aromatic rings. The highest BCUT2D eigenvalue weighted by Crippen LogP contribution is 2.16. The molecule has 1 unspecified atom stereocenters. The fourth-order valence-electron chi connectivity index (χ4n) is 2.33. The predicted molar refractivity (Wildman–Crippen MR) is 74.5 cm³/mol. The fourth-order valence-corrected chi connectivity index (χ4v) is 2.78. The average molecular weight is 284 g/mol. The highest BCUT2D eigenvalue weighted by molar-refractivity contribution is 7.89. The molecule has 1 aromatic heterocycles. The Morgan fingerprint density at radius 1 is 1.53 bits per heavy atom. The van der Waals surface area contributed by atoms with E-state index in [4.69, 9.17) is 5.14 Å². The molecule has 106 valence electrons. The molecule has 2 heterocycles. The molecule has 1 aliphatic rings. The van der Waals surface area contributed by atoms with Gasteiger partial charge in [-0.2, -0.15) is 0 Å². The Kier molecular flexibility index (Phi) is 4.38. The first-order valence-corrected chi connectivity index (χ1v) is 7.92. The van der Waals surface area contributed by atoms with Crippen molar-refractivity contribution in [2.45, 2.75) is 17.7 Å². The number of rotatable bonds is 4. The van der Waals surface area contributed by atoms with Crippen molar-refractivity contribution < 1.29 is 8.42 Å². The van der Waals surface area contributed by atoms with E-state index in [0.717, 1.165) is 25.5 Å². The van der Waals surface area contributed by atoms with Crippen molar-refractivity contribution >= 4 is 15.8 Å². The van der Waals surface area contributed by atoms with Crippen LogP contribution >= 0.6 is 0 Å². The third kappa shape index (κ3) is 3.89. The summed E-state index contributed by atoms with van der Waals surface area (Å²) in [5, 5.41) is 8.42. The maximum Gasteiger partial charge on any atom is 0.239 e. The van der Waals surface area contributed by atoms with Crippen LogP contribution in [-0.4, -0.2) is 40.1 Å². The van der Waals surface area contributed by atoms with Crippen molar-refractivity contribution in [3.8, 4) is 0 Å². The van der Waals surface area contributed by atoms with Gasteiger partial charge >= 0.3 is 0 Å². The van der Waals surface area contributed by atoms with Crippen LogP contribution in [0.1, 0.15) is 12.8 Å². The van der Waals surface area contributed by atoms with Crippen molar-refractivity contribution in [1.82, 2.24) is 10.3 Å². The lowest BCUT2D eigenvalue weighted by atomic mass is 9.99. The van der Waals surface area contributed by atoms with Crippen LogP contribution in [0, 0.1) is 5.92 Å². The number of hydrogen-bond donors (Lipinski definition) is 2. The van der Waals surface area contributed by atoms with Crippen LogP contribution in [0.2, 0.25) is 0 Å². The molecule has 0 bridgehead atoms. The quantitative estimate of drug-likeness (QED) is 0.822. The summed E-state index contributed by atoms with van der Waals surface area (Å²) in [6.45, 7) is 3.04. The van der Waals surface area contributed by atoms with E-state index in [-0.39, 0.29) is 4.90 Å². The van der Waals surface area contributed by atoms with Crippen LogP contribution < -0.4 is 15.4 Å². The second-order valence-electron chi connectivity index (χ2n) is 4.99. The number of nitrogens with two attached hydrogens (primary N) is 1. The van der Waals surface area contributed by atoms with E-state index in [1.54, 1.807) is 6.07 Å². The van der Waals surface area contributed by atoms with Gasteiger partial charge in [-0.25, -0.2) is 18.5 Å². The lowest BCUT2D eigenvalue weighted by molar-refractivity contribution is 0.380. The number of piperidine rings is 1. The molecule has 0 radical (unpaired) electrons. The highest BCUT2D eigenvalue weighted by atomic mass is 32.2. The molecule has 2 rings (SSSR count). The number of pyridine rings is 1. The first-order valence-electron chi connectivity index (χ1n) is 6.37. The van der Waals surface area contributed by atoms with Crippen LogP contribution in [0.4, 0.5) is 5.82 Å². The molecular formula is C12H20N4O2S. The Bertz CT molecular complexity index is 509. The summed E-state index contributed by atoms with van der Waals surface area (Å²) in [6.07, 6.45) is 3.73. The summed E-state index contributed by atoms with van der Waals surface area (Å²) >= 11 is 0. The minimum Gasteiger partial charge on any atom is -0.359 e. The van der Waals surface area contributed by atoms with E-state index in [1.165, 1.54) is 25.1 Å². The molecule has 1 aliphatic heterocycles. The number of sulfonamides is 1. The Labute approximate surface area is 114 Å². The van der Waals surface area contributed by atoms with Gasteiger partial charge in [-0.3, -0.25) is 0 Å². The van der Waals surface area contributed by atoms with Gasteiger partial charge in [-0.05, 0) is 44.0 Å². The standard InChI is InChI=1S/C12H20N4O2S/c1-16(9-10-3-2-6-14-7-10)12-5-4-11(8-15-12)19(13,17)18/h4-5,8,10,14H,2-3,6-7,9H2,1H3,(H2,13,17,18). The van der Waals surface area contributed by atoms with E-state index >= 15 is 0 Å². The molecule has 0 aliphatic carbocycles. The number of nitrogens with zero attached hydrogens (tertiary/aromatic N) is 2. The van der Waals surface area contributed by atoms with Crippen LogP contribution in [-0.2, 0) is 10.0 Å². The zero-order valence-electron chi connectivity index (χ0n) is 11.0. The molecule has 0 aromatic carbocycles. The molecule has 0 spiro atoms. The molecule has 3 N–H and O–H groups in total. The fraction of sp³-hybridized carbons (Fsp3) is 0.583. The molecule has 1 saturated heterocycles. The normalized spacial score (nSPS) is 20.2. The zero-order chi connectivity index (χ0) is 13.9. The highest BCUT2D eigenvalue weighted by Gasteiger charge is 2.16. The van der Waals surface area contributed by atoms with Gasteiger partial charge in [0.1, 0.15) is 10.7 Å². The Hall–Kier alpha value is -1.18. The van der Waals surface area contributed by atoms with Crippen molar-refractivity contribution in [3.05, 3.63) is 18.3 Å². The van der Waals surface area contributed by atoms with Gasteiger partial charge in [-0.1, -0.05) is 0 Å². The van der Waals surface area contributed by atoms with Crippen LogP contribution in [0.5, 0.6) is 0 Å². The van der Waals surface area contributed by atoms with Gasteiger partial charge in [0.25, 0.3) is 0 Å². The molecule has 0 amide bonds. The second kappa shape index (κ2) is 5.85. The summed E-state index contributed by atoms with van der Waals surface area (Å²) in [4.78, 5) is 6.25. The Balaban J connectivity index is 2.01. The average Bonchev–Trinajstić information content (AvgIpc) is 2.39. The van der Waals surface area contributed by atoms with E-state index in [9.17, 15) is 8.42 Å². The van der Waals surface area contributed by atoms with Gasteiger partial charge in [-0.15, -0.1) is 0 Å². The molecule has 1 atom stereocenters. The molecular weight excluding hydrogens is 264 g/mol. The van der Waals surface area contributed by atoms with Crippen LogP contribution in [0.3, 0.4) is 0 Å². The molecule has 19 heavy (non-hydrogen) atoms. The van der Waals surface area contributed by atoms with E-state index in [0.29, 0.717) is 5.92 Å². The molecule has 6 nitrogen and oxygen atoms in total. The summed E-state index contributed by atoms with van der Waals surface area (Å²) in [5.74, 6) is 1.37. The summed E-state index contributed by atoms with van der Waals surface area (Å²) in [5.41, 5.74) is 0. The smallest absolute Gasteiger partial charge is 0.239 e.